The van der Waals surface area contributed by atoms with Gasteiger partial charge >= 0.3 is 6.01 Å². The van der Waals surface area contributed by atoms with Crippen LogP contribution in [0.5, 0.6) is 6.01 Å². The molecule has 0 bridgehead atoms. The van der Waals surface area contributed by atoms with Crippen LogP contribution in [0.15, 0.2) is 48.7 Å². The Hall–Kier alpha value is -4.22. The van der Waals surface area contributed by atoms with Gasteiger partial charge in [0.25, 0.3) is 0 Å². The van der Waals surface area contributed by atoms with Gasteiger partial charge in [-0.05, 0) is 88.6 Å². The van der Waals surface area contributed by atoms with Gasteiger partial charge in [0.2, 0.25) is 5.91 Å². The largest absolute Gasteiger partial charge is 0.461 e. The minimum Gasteiger partial charge on any atom is -0.461 e. The molecule has 48 heavy (non-hydrogen) atoms. The van der Waals surface area contributed by atoms with Crippen molar-refractivity contribution in [2.45, 2.75) is 50.6 Å². The third-order valence-corrected chi connectivity index (χ3v) is 10.5. The highest BCUT2D eigenvalue weighted by atomic mass is 19.1. The fourth-order valence-corrected chi connectivity index (χ4v) is 7.79. The zero-order valence-corrected chi connectivity index (χ0v) is 28.2. The van der Waals surface area contributed by atoms with Crippen molar-refractivity contribution in [2.75, 3.05) is 65.4 Å². The molecule has 0 saturated carbocycles. The van der Waals surface area contributed by atoms with Crippen molar-refractivity contribution in [3.8, 4) is 17.3 Å². The molecule has 3 fully saturated rings. The van der Waals surface area contributed by atoms with E-state index in [1.807, 2.05) is 48.0 Å². The molecule has 2 aromatic heterocycles. The maximum atomic E-state index is 16.8. The number of hydrogen-bond acceptors (Lipinski definition) is 8. The van der Waals surface area contributed by atoms with Crippen LogP contribution in [0.3, 0.4) is 0 Å². The monoisotopic (exact) mass is 655 g/mol. The van der Waals surface area contributed by atoms with Gasteiger partial charge in [-0.15, -0.1) is 0 Å². The van der Waals surface area contributed by atoms with Gasteiger partial charge in [0.1, 0.15) is 29.5 Å². The molecule has 3 aliphatic rings. The molecule has 0 aliphatic carbocycles. The number of halogens is 2. The van der Waals surface area contributed by atoms with Crippen molar-refractivity contribution >= 4 is 33.4 Å². The van der Waals surface area contributed by atoms with Crippen LogP contribution >= 0.6 is 0 Å². The summed E-state index contributed by atoms with van der Waals surface area (Å²) in [6, 6.07) is 8.59. The van der Waals surface area contributed by atoms with Gasteiger partial charge in [-0.25, -0.2) is 8.78 Å². The second-order valence-corrected chi connectivity index (χ2v) is 13.8. The lowest BCUT2D eigenvalue weighted by molar-refractivity contribution is -0.125. The van der Waals surface area contributed by atoms with E-state index in [2.05, 4.69) is 14.9 Å². The second-order valence-electron chi connectivity index (χ2n) is 13.8. The van der Waals surface area contributed by atoms with Crippen LogP contribution in [0.2, 0.25) is 0 Å². The number of pyridine rings is 1. The summed E-state index contributed by atoms with van der Waals surface area (Å²) >= 11 is 0. The number of anilines is 1. The summed E-state index contributed by atoms with van der Waals surface area (Å²) in [7, 11) is 5.84. The predicted octanol–water partition coefficient (Wildman–Crippen LogP) is 5.59. The third-order valence-electron chi connectivity index (χ3n) is 10.5. The van der Waals surface area contributed by atoms with Crippen molar-refractivity contribution < 1.29 is 18.3 Å². The lowest BCUT2D eigenvalue weighted by atomic mass is 9.95. The number of benzene rings is 2. The fraction of sp³-hybridized carbons (Fsp3) is 0.459. The Morgan fingerprint density at radius 1 is 1.04 bits per heavy atom. The minimum atomic E-state index is -0.584. The number of aryl methyl sites for hydroxylation is 1. The van der Waals surface area contributed by atoms with Gasteiger partial charge in [0, 0.05) is 50.6 Å². The Morgan fingerprint density at radius 2 is 1.83 bits per heavy atom. The van der Waals surface area contributed by atoms with E-state index in [1.165, 1.54) is 6.07 Å². The van der Waals surface area contributed by atoms with Gasteiger partial charge in [-0.2, -0.15) is 9.97 Å². The summed E-state index contributed by atoms with van der Waals surface area (Å²) in [4.78, 5) is 35.4. The summed E-state index contributed by atoms with van der Waals surface area (Å²) < 4.78 is 37.6. The van der Waals surface area contributed by atoms with Crippen molar-refractivity contribution in [3.05, 3.63) is 65.9 Å². The number of nitrogens with zero attached hydrogens (tertiary/aromatic N) is 7. The van der Waals surface area contributed by atoms with E-state index >= 15 is 4.39 Å². The molecule has 4 aromatic rings. The van der Waals surface area contributed by atoms with E-state index in [0.717, 1.165) is 45.2 Å². The molecular weight excluding hydrogens is 612 g/mol. The number of likely N-dealkylation sites (tertiary alicyclic amines) is 1. The summed E-state index contributed by atoms with van der Waals surface area (Å²) in [5, 5.41) is 1.88. The normalized spacial score (nSPS) is 19.3. The molecule has 1 amide bonds. The maximum Gasteiger partial charge on any atom is 0.319 e. The number of amides is 1. The zero-order chi connectivity index (χ0) is 33.6. The van der Waals surface area contributed by atoms with E-state index in [-0.39, 0.29) is 40.5 Å². The van der Waals surface area contributed by atoms with Gasteiger partial charge < -0.3 is 19.4 Å². The number of ether oxygens (including phenoxy) is 1. The molecule has 5 heterocycles. The molecule has 7 rings (SSSR count). The molecule has 0 spiro atoms. The average Bonchev–Trinajstić information content (AvgIpc) is 3.82. The van der Waals surface area contributed by atoms with Crippen LogP contribution in [-0.2, 0) is 4.79 Å². The summed E-state index contributed by atoms with van der Waals surface area (Å²) in [6.45, 7) is 6.11. The molecule has 2 aromatic carbocycles. The molecule has 0 N–H and O–H groups in total. The predicted molar refractivity (Wildman–Crippen MR) is 184 cm³/mol. The number of fused-ring (bicyclic) bond motifs is 3. The minimum absolute atomic E-state index is 0.0242. The second kappa shape index (κ2) is 13.0. The summed E-state index contributed by atoms with van der Waals surface area (Å²) in [5.74, 6) is -0.407. The van der Waals surface area contributed by atoms with Crippen molar-refractivity contribution in [1.29, 1.82) is 0 Å². The molecule has 0 radical (unpaired) electrons. The first kappa shape index (κ1) is 32.3. The molecule has 3 saturated heterocycles. The fourth-order valence-electron chi connectivity index (χ4n) is 7.79. The van der Waals surface area contributed by atoms with E-state index in [0.29, 0.717) is 59.3 Å². The molecule has 9 nitrogen and oxygen atoms in total. The van der Waals surface area contributed by atoms with Crippen LogP contribution in [0.1, 0.15) is 37.7 Å². The highest BCUT2D eigenvalue weighted by Gasteiger charge is 2.45. The quantitative estimate of drug-likeness (QED) is 0.216. The van der Waals surface area contributed by atoms with E-state index in [1.54, 1.807) is 37.4 Å². The highest BCUT2D eigenvalue weighted by molar-refractivity contribution is 6.00. The molecule has 1 unspecified atom stereocenters. The van der Waals surface area contributed by atoms with Crippen molar-refractivity contribution in [1.82, 2.24) is 29.7 Å². The molecule has 252 valence electrons. The summed E-state index contributed by atoms with van der Waals surface area (Å²) in [5.41, 5.74) is 1.28. The number of carbonyl (C=O) groups is 1. The lowest BCUT2D eigenvalue weighted by Gasteiger charge is -2.31. The number of likely N-dealkylation sites (N-methyl/N-ethyl adjacent to an activating group) is 2. The standard InChI is InChI=1S/C37H43F2N7O2/c1-24-26-9-5-10-28(27(26)12-13-30(24)38)33-32(39)34-29(21-40-33)35(42-36(41-34)48-23-37-15-7-18-46(37)19-8-16-37)44(4)25-14-20-45(22-25)31(47)11-6-17-43(2)3/h5-6,9-13,21,25H,7-8,14-20,22-23H2,1-4H3/b11-6+. The van der Waals surface area contributed by atoms with E-state index < -0.39 is 5.82 Å². The molecule has 1 atom stereocenters. The molecular formula is C37H43F2N7O2. The SMILES string of the molecule is Cc1c(F)ccc2c(-c3ncc4c(N(C)C5CCN(C(=O)/C=C/CN(C)C)C5)nc(OCC56CCCN5CCC6)nc4c3F)cccc12. The van der Waals surface area contributed by atoms with Crippen LogP contribution in [0, 0.1) is 18.6 Å². The average molecular weight is 656 g/mol. The van der Waals surface area contributed by atoms with Crippen LogP contribution in [-0.4, -0.2) is 108 Å². The summed E-state index contributed by atoms with van der Waals surface area (Å²) in [6.07, 6.45) is 10.3. The van der Waals surface area contributed by atoms with Crippen LogP contribution in [0.25, 0.3) is 32.9 Å². The maximum absolute atomic E-state index is 16.8. The van der Waals surface area contributed by atoms with Crippen molar-refractivity contribution in [2.24, 2.45) is 0 Å². The number of rotatable bonds is 9. The Kier molecular flexibility index (Phi) is 8.76. The van der Waals surface area contributed by atoms with Crippen molar-refractivity contribution in [3.63, 3.8) is 0 Å². The van der Waals surface area contributed by atoms with Crippen LogP contribution in [0.4, 0.5) is 14.6 Å². The third kappa shape index (κ3) is 5.87. The van der Waals surface area contributed by atoms with E-state index in [4.69, 9.17) is 9.72 Å². The van der Waals surface area contributed by atoms with Gasteiger partial charge in [0.05, 0.1) is 10.9 Å². The van der Waals surface area contributed by atoms with E-state index in [9.17, 15) is 9.18 Å². The van der Waals surface area contributed by atoms with Gasteiger partial charge in [-0.3, -0.25) is 14.7 Å². The Morgan fingerprint density at radius 3 is 2.60 bits per heavy atom. The van der Waals surface area contributed by atoms with Gasteiger partial charge in [0.15, 0.2) is 5.82 Å². The number of aromatic nitrogens is 3. The number of hydrogen-bond donors (Lipinski definition) is 0. The molecule has 3 aliphatic heterocycles. The topological polar surface area (TPSA) is 77.9 Å². The van der Waals surface area contributed by atoms with Crippen LogP contribution < -0.4 is 9.64 Å². The Labute approximate surface area is 280 Å². The Bertz CT molecular complexity index is 1890. The van der Waals surface area contributed by atoms with Gasteiger partial charge in [-0.1, -0.05) is 30.3 Å². The Balaban J connectivity index is 1.26. The lowest BCUT2D eigenvalue weighted by Crippen LogP contribution is -2.43. The first-order chi connectivity index (χ1) is 23.1. The smallest absolute Gasteiger partial charge is 0.319 e. The first-order valence-corrected chi connectivity index (χ1v) is 16.9. The zero-order valence-electron chi connectivity index (χ0n) is 28.2. The molecule has 11 heteroatoms. The first-order valence-electron chi connectivity index (χ1n) is 16.9. The highest BCUT2D eigenvalue weighted by Crippen LogP contribution is 2.40. The number of carbonyl (C=O) groups excluding carboxylic acids is 1.